The molecule has 0 atom stereocenters. The molecule has 0 bridgehead atoms. The maximum Gasteiger partial charge on any atom is 0.0743 e. The minimum absolute atomic E-state index is 0.630. The number of nitrogen functional groups attached to an aromatic ring is 1. The summed E-state index contributed by atoms with van der Waals surface area (Å²) in [5.74, 6) is 1.26. The van der Waals surface area contributed by atoms with Crippen molar-refractivity contribution in [3.05, 3.63) is 30.5 Å². The lowest BCUT2D eigenvalue weighted by Gasteiger charge is -2.29. The molecule has 1 aromatic heterocycles. The van der Waals surface area contributed by atoms with Gasteiger partial charge >= 0.3 is 0 Å². The molecule has 1 aromatic carbocycles. The number of nitrogens with zero attached hydrogens (tertiary/aromatic N) is 2. The smallest absolute Gasteiger partial charge is 0.0743 e. The van der Waals surface area contributed by atoms with Gasteiger partial charge in [0.05, 0.1) is 5.52 Å². The van der Waals surface area contributed by atoms with Crippen molar-refractivity contribution in [3.63, 3.8) is 0 Å². The van der Waals surface area contributed by atoms with Gasteiger partial charge in [-0.3, -0.25) is 4.98 Å². The molecule has 0 saturated carbocycles. The molecule has 0 spiro atoms. The third-order valence-corrected chi connectivity index (χ3v) is 3.26. The van der Waals surface area contributed by atoms with E-state index in [2.05, 4.69) is 49.7 Å². The first-order chi connectivity index (χ1) is 9.47. The van der Waals surface area contributed by atoms with E-state index in [1.54, 1.807) is 0 Å². The zero-order chi connectivity index (χ0) is 14.7. The largest absolute Gasteiger partial charge is 0.399 e. The summed E-state index contributed by atoms with van der Waals surface area (Å²) in [6.07, 6.45) is 1.88. The van der Waals surface area contributed by atoms with Crippen molar-refractivity contribution in [2.45, 2.75) is 27.7 Å². The highest BCUT2D eigenvalue weighted by Crippen LogP contribution is 2.28. The molecule has 0 fully saturated rings. The molecule has 2 rings (SSSR count). The Kier molecular flexibility index (Phi) is 4.48. The summed E-state index contributed by atoms with van der Waals surface area (Å²) >= 11 is 0. The summed E-state index contributed by atoms with van der Waals surface area (Å²) in [6.45, 7) is 11.1. The molecule has 20 heavy (non-hydrogen) atoms. The number of fused-ring (bicyclic) bond motifs is 1. The highest BCUT2D eigenvalue weighted by atomic mass is 15.1. The van der Waals surface area contributed by atoms with E-state index < -0.39 is 0 Å². The number of nitrogens with two attached hydrogens (primary N) is 1. The third kappa shape index (κ3) is 3.41. The Morgan fingerprint density at radius 1 is 1.05 bits per heavy atom. The molecule has 0 unspecified atom stereocenters. The molecule has 2 N–H and O–H groups in total. The van der Waals surface area contributed by atoms with Crippen molar-refractivity contribution in [1.82, 2.24) is 4.98 Å². The standard InChI is InChI=1S/C17H25N3/c1-12(2)10-20(11-13(3)4)17-7-8-19-16-9-14(18)5-6-15(16)17/h5-9,12-13H,10-11,18H2,1-4H3. The summed E-state index contributed by atoms with van der Waals surface area (Å²) in [4.78, 5) is 6.90. The van der Waals surface area contributed by atoms with E-state index in [1.807, 2.05) is 18.3 Å². The van der Waals surface area contributed by atoms with Crippen molar-refractivity contribution in [2.24, 2.45) is 11.8 Å². The van der Waals surface area contributed by atoms with Gasteiger partial charge in [0.1, 0.15) is 0 Å². The van der Waals surface area contributed by atoms with Crippen LogP contribution < -0.4 is 10.6 Å². The average Bonchev–Trinajstić information content (AvgIpc) is 2.35. The van der Waals surface area contributed by atoms with Gasteiger partial charge in [0, 0.05) is 36.0 Å². The monoisotopic (exact) mass is 271 g/mol. The Balaban J connectivity index is 2.46. The zero-order valence-corrected chi connectivity index (χ0v) is 12.9. The van der Waals surface area contributed by atoms with Crippen LogP contribution in [-0.4, -0.2) is 18.1 Å². The summed E-state index contributed by atoms with van der Waals surface area (Å²) in [6, 6.07) is 8.10. The molecular weight excluding hydrogens is 246 g/mol. The predicted molar refractivity (Wildman–Crippen MR) is 88.0 cm³/mol. The van der Waals surface area contributed by atoms with Gasteiger partial charge in [-0.2, -0.15) is 0 Å². The SMILES string of the molecule is CC(C)CN(CC(C)C)c1ccnc2cc(N)ccc12. The fourth-order valence-electron chi connectivity index (χ4n) is 2.58. The maximum absolute atomic E-state index is 5.86. The first-order valence-electron chi connectivity index (χ1n) is 7.36. The normalized spacial score (nSPS) is 11.5. The van der Waals surface area contributed by atoms with E-state index in [0.29, 0.717) is 11.8 Å². The van der Waals surface area contributed by atoms with Crippen molar-refractivity contribution < 1.29 is 0 Å². The summed E-state index contributed by atoms with van der Waals surface area (Å²) in [7, 11) is 0. The topological polar surface area (TPSA) is 42.2 Å². The first-order valence-corrected chi connectivity index (χ1v) is 7.36. The molecule has 0 radical (unpaired) electrons. The second kappa shape index (κ2) is 6.12. The molecule has 0 aliphatic heterocycles. The second-order valence-electron chi connectivity index (χ2n) is 6.30. The lowest BCUT2D eigenvalue weighted by atomic mass is 10.1. The molecule has 0 saturated heterocycles. The highest BCUT2D eigenvalue weighted by Gasteiger charge is 2.13. The lowest BCUT2D eigenvalue weighted by Crippen LogP contribution is -2.31. The quantitative estimate of drug-likeness (QED) is 0.838. The van der Waals surface area contributed by atoms with Crippen LogP contribution in [0.5, 0.6) is 0 Å². The average molecular weight is 271 g/mol. The van der Waals surface area contributed by atoms with Crippen LogP contribution in [0.3, 0.4) is 0 Å². The fourth-order valence-corrected chi connectivity index (χ4v) is 2.58. The van der Waals surface area contributed by atoms with Crippen molar-refractivity contribution in [3.8, 4) is 0 Å². The molecule has 1 heterocycles. The fraction of sp³-hybridized carbons (Fsp3) is 0.471. The Bertz CT molecular complexity index is 565. The third-order valence-electron chi connectivity index (χ3n) is 3.26. The summed E-state index contributed by atoms with van der Waals surface area (Å²) < 4.78 is 0. The number of pyridine rings is 1. The minimum Gasteiger partial charge on any atom is -0.399 e. The Hall–Kier alpha value is -1.77. The maximum atomic E-state index is 5.86. The molecular formula is C17H25N3. The number of anilines is 2. The van der Waals surface area contributed by atoms with E-state index in [4.69, 9.17) is 5.73 Å². The van der Waals surface area contributed by atoms with Crippen molar-refractivity contribution >= 4 is 22.3 Å². The predicted octanol–water partition coefficient (Wildman–Crippen LogP) is 3.94. The van der Waals surface area contributed by atoms with Crippen molar-refractivity contribution in [2.75, 3.05) is 23.7 Å². The summed E-state index contributed by atoms with van der Waals surface area (Å²) in [5.41, 5.74) is 8.86. The van der Waals surface area contributed by atoms with Crippen LogP contribution >= 0.6 is 0 Å². The van der Waals surface area contributed by atoms with Gasteiger partial charge in [-0.05, 0) is 36.1 Å². The van der Waals surface area contributed by atoms with Crippen LogP contribution in [-0.2, 0) is 0 Å². The van der Waals surface area contributed by atoms with Gasteiger partial charge < -0.3 is 10.6 Å². The van der Waals surface area contributed by atoms with Crippen LogP contribution in [0, 0.1) is 11.8 Å². The number of benzene rings is 1. The molecule has 108 valence electrons. The van der Waals surface area contributed by atoms with Crippen LogP contribution in [0.15, 0.2) is 30.5 Å². The Morgan fingerprint density at radius 2 is 1.70 bits per heavy atom. The number of hydrogen-bond donors (Lipinski definition) is 1. The Labute approximate surface area is 121 Å². The summed E-state index contributed by atoms with van der Waals surface area (Å²) in [5, 5.41) is 1.18. The molecule has 3 heteroatoms. The van der Waals surface area contributed by atoms with Gasteiger partial charge in [0.2, 0.25) is 0 Å². The Morgan fingerprint density at radius 3 is 2.30 bits per heavy atom. The minimum atomic E-state index is 0.630. The highest BCUT2D eigenvalue weighted by molar-refractivity contribution is 5.93. The van der Waals surface area contributed by atoms with Crippen molar-refractivity contribution in [1.29, 1.82) is 0 Å². The number of aromatic nitrogens is 1. The van der Waals surface area contributed by atoms with E-state index in [0.717, 1.165) is 24.3 Å². The van der Waals surface area contributed by atoms with Crippen LogP contribution in [0.2, 0.25) is 0 Å². The molecule has 0 amide bonds. The number of rotatable bonds is 5. The van der Waals surface area contributed by atoms with Crippen LogP contribution in [0.1, 0.15) is 27.7 Å². The van der Waals surface area contributed by atoms with E-state index in [1.165, 1.54) is 11.1 Å². The number of hydrogen-bond acceptors (Lipinski definition) is 3. The zero-order valence-electron chi connectivity index (χ0n) is 12.9. The van der Waals surface area contributed by atoms with E-state index >= 15 is 0 Å². The van der Waals surface area contributed by atoms with Gasteiger partial charge in [0.15, 0.2) is 0 Å². The first kappa shape index (κ1) is 14.6. The second-order valence-corrected chi connectivity index (χ2v) is 6.30. The van der Waals surface area contributed by atoms with Crippen LogP contribution in [0.4, 0.5) is 11.4 Å². The van der Waals surface area contributed by atoms with Gasteiger partial charge in [-0.15, -0.1) is 0 Å². The van der Waals surface area contributed by atoms with Gasteiger partial charge in [0.25, 0.3) is 0 Å². The molecule has 2 aromatic rings. The van der Waals surface area contributed by atoms with Crippen LogP contribution in [0.25, 0.3) is 10.9 Å². The van der Waals surface area contributed by atoms with Gasteiger partial charge in [-0.25, -0.2) is 0 Å². The molecule has 3 nitrogen and oxygen atoms in total. The molecule has 0 aliphatic rings. The van der Waals surface area contributed by atoms with E-state index in [9.17, 15) is 0 Å². The van der Waals surface area contributed by atoms with Gasteiger partial charge in [-0.1, -0.05) is 27.7 Å². The molecule has 0 aliphatic carbocycles. The van der Waals surface area contributed by atoms with E-state index in [-0.39, 0.29) is 0 Å². The lowest BCUT2D eigenvalue weighted by molar-refractivity contribution is 0.553.